The number of hydrogen-bond acceptors (Lipinski definition) is 2. The van der Waals surface area contributed by atoms with E-state index in [2.05, 4.69) is 22.5 Å². The highest BCUT2D eigenvalue weighted by atomic mass is 16.1. The van der Waals surface area contributed by atoms with Crippen molar-refractivity contribution in [2.45, 2.75) is 13.3 Å². The monoisotopic (exact) mass is 245 g/mol. The van der Waals surface area contributed by atoms with Crippen LogP contribution in [0.5, 0.6) is 0 Å². The van der Waals surface area contributed by atoms with Crippen molar-refractivity contribution in [2.24, 2.45) is 0 Å². The number of aromatic nitrogens is 1. The lowest BCUT2D eigenvalue weighted by molar-refractivity contribution is 0.0955. The van der Waals surface area contributed by atoms with E-state index in [1.807, 2.05) is 24.3 Å². The number of para-hydroxylation sites is 1. The number of rotatable bonds is 6. The zero-order valence-corrected chi connectivity index (χ0v) is 10.6. The average Bonchev–Trinajstić information content (AvgIpc) is 2.82. The van der Waals surface area contributed by atoms with Crippen LogP contribution in [0, 0.1) is 0 Å². The number of nitrogens with one attached hydrogen (secondary N) is 3. The van der Waals surface area contributed by atoms with Crippen LogP contribution >= 0.6 is 0 Å². The van der Waals surface area contributed by atoms with E-state index >= 15 is 0 Å². The van der Waals surface area contributed by atoms with Crippen molar-refractivity contribution < 1.29 is 4.79 Å². The zero-order chi connectivity index (χ0) is 12.8. The Hall–Kier alpha value is -1.81. The van der Waals surface area contributed by atoms with Gasteiger partial charge in [-0.1, -0.05) is 25.1 Å². The number of benzene rings is 1. The minimum atomic E-state index is -0.0225. The van der Waals surface area contributed by atoms with E-state index in [1.165, 1.54) is 0 Å². The van der Waals surface area contributed by atoms with Crippen LogP contribution in [-0.4, -0.2) is 30.5 Å². The zero-order valence-electron chi connectivity index (χ0n) is 10.6. The highest BCUT2D eigenvalue weighted by Crippen LogP contribution is 2.17. The summed E-state index contributed by atoms with van der Waals surface area (Å²) in [6.45, 7) is 4.57. The quantitative estimate of drug-likeness (QED) is 0.681. The lowest BCUT2D eigenvalue weighted by atomic mass is 10.1. The van der Waals surface area contributed by atoms with Crippen LogP contribution in [0.4, 0.5) is 0 Å². The highest BCUT2D eigenvalue weighted by molar-refractivity contribution is 6.06. The van der Waals surface area contributed by atoms with Crippen molar-refractivity contribution in [3.8, 4) is 0 Å². The molecule has 0 unspecified atom stereocenters. The van der Waals surface area contributed by atoms with Gasteiger partial charge in [-0.2, -0.15) is 0 Å². The van der Waals surface area contributed by atoms with Crippen molar-refractivity contribution in [3.63, 3.8) is 0 Å². The van der Waals surface area contributed by atoms with Crippen LogP contribution in [0.15, 0.2) is 30.5 Å². The Balaban J connectivity index is 1.93. The van der Waals surface area contributed by atoms with E-state index in [0.717, 1.165) is 30.4 Å². The summed E-state index contributed by atoms with van der Waals surface area (Å²) in [6.07, 6.45) is 2.87. The van der Waals surface area contributed by atoms with Gasteiger partial charge in [0.2, 0.25) is 0 Å². The van der Waals surface area contributed by atoms with Gasteiger partial charge in [0, 0.05) is 30.2 Å². The third kappa shape index (κ3) is 2.90. The minimum absolute atomic E-state index is 0.0225. The van der Waals surface area contributed by atoms with Gasteiger partial charge in [-0.05, 0) is 19.0 Å². The van der Waals surface area contributed by atoms with Crippen molar-refractivity contribution >= 4 is 16.8 Å². The van der Waals surface area contributed by atoms with Gasteiger partial charge < -0.3 is 15.6 Å². The third-order valence-corrected chi connectivity index (χ3v) is 2.85. The predicted molar refractivity (Wildman–Crippen MR) is 73.8 cm³/mol. The SMILES string of the molecule is CCCNCCNC(=O)c1c[nH]c2ccccc12. The molecule has 0 saturated carbocycles. The normalized spacial score (nSPS) is 10.7. The van der Waals surface area contributed by atoms with Gasteiger partial charge in [0.05, 0.1) is 5.56 Å². The number of H-pyrrole nitrogens is 1. The van der Waals surface area contributed by atoms with Gasteiger partial charge in [0.25, 0.3) is 5.91 Å². The summed E-state index contributed by atoms with van der Waals surface area (Å²) in [7, 11) is 0. The van der Waals surface area contributed by atoms with Crippen LogP contribution in [0.25, 0.3) is 10.9 Å². The molecule has 0 aliphatic rings. The van der Waals surface area contributed by atoms with E-state index in [-0.39, 0.29) is 5.91 Å². The molecule has 0 atom stereocenters. The minimum Gasteiger partial charge on any atom is -0.360 e. The Bertz CT molecular complexity index is 518. The molecule has 1 aromatic heterocycles. The van der Waals surface area contributed by atoms with E-state index < -0.39 is 0 Å². The summed E-state index contributed by atoms with van der Waals surface area (Å²) >= 11 is 0. The molecule has 1 amide bonds. The molecule has 0 fully saturated rings. The summed E-state index contributed by atoms with van der Waals surface area (Å²) in [6, 6.07) is 7.82. The lowest BCUT2D eigenvalue weighted by Crippen LogP contribution is -2.31. The standard InChI is InChI=1S/C14H19N3O/c1-2-7-15-8-9-16-14(18)12-10-17-13-6-4-3-5-11(12)13/h3-6,10,15,17H,2,7-9H2,1H3,(H,16,18). The van der Waals surface area contributed by atoms with Crippen molar-refractivity contribution in [2.75, 3.05) is 19.6 Å². The van der Waals surface area contributed by atoms with E-state index in [9.17, 15) is 4.79 Å². The molecule has 0 radical (unpaired) electrons. The second-order valence-corrected chi connectivity index (χ2v) is 4.25. The number of fused-ring (bicyclic) bond motifs is 1. The fourth-order valence-electron chi connectivity index (χ4n) is 1.92. The Morgan fingerprint density at radius 2 is 2.06 bits per heavy atom. The second kappa shape index (κ2) is 6.21. The van der Waals surface area contributed by atoms with E-state index in [0.29, 0.717) is 12.1 Å². The molecular weight excluding hydrogens is 226 g/mol. The molecule has 0 bridgehead atoms. The van der Waals surface area contributed by atoms with E-state index in [1.54, 1.807) is 6.20 Å². The maximum absolute atomic E-state index is 12.0. The van der Waals surface area contributed by atoms with Crippen LogP contribution < -0.4 is 10.6 Å². The topological polar surface area (TPSA) is 56.9 Å². The molecule has 4 nitrogen and oxygen atoms in total. The van der Waals surface area contributed by atoms with Crippen LogP contribution in [0.2, 0.25) is 0 Å². The molecule has 1 heterocycles. The molecule has 0 aliphatic carbocycles. The Labute approximate surface area is 107 Å². The molecular formula is C14H19N3O. The molecule has 96 valence electrons. The van der Waals surface area contributed by atoms with Gasteiger partial charge in [0.1, 0.15) is 0 Å². The van der Waals surface area contributed by atoms with Gasteiger partial charge in [0.15, 0.2) is 0 Å². The summed E-state index contributed by atoms with van der Waals surface area (Å²) in [4.78, 5) is 15.1. The molecule has 0 spiro atoms. The molecule has 4 heteroatoms. The molecule has 2 aromatic rings. The maximum atomic E-state index is 12.0. The third-order valence-electron chi connectivity index (χ3n) is 2.85. The molecule has 3 N–H and O–H groups in total. The van der Waals surface area contributed by atoms with Crippen LogP contribution in [0.1, 0.15) is 23.7 Å². The summed E-state index contributed by atoms with van der Waals surface area (Å²) in [5, 5.41) is 7.13. The first-order valence-electron chi connectivity index (χ1n) is 6.38. The second-order valence-electron chi connectivity index (χ2n) is 4.25. The van der Waals surface area contributed by atoms with Crippen molar-refractivity contribution in [1.29, 1.82) is 0 Å². The van der Waals surface area contributed by atoms with Gasteiger partial charge in [-0.3, -0.25) is 4.79 Å². The van der Waals surface area contributed by atoms with Gasteiger partial charge in [-0.25, -0.2) is 0 Å². The maximum Gasteiger partial charge on any atom is 0.253 e. The van der Waals surface area contributed by atoms with Crippen molar-refractivity contribution in [1.82, 2.24) is 15.6 Å². The Kier molecular flexibility index (Phi) is 4.36. The van der Waals surface area contributed by atoms with Crippen LogP contribution in [0.3, 0.4) is 0 Å². The largest absolute Gasteiger partial charge is 0.360 e. The predicted octanol–water partition coefficient (Wildman–Crippen LogP) is 1.90. The van der Waals surface area contributed by atoms with Gasteiger partial charge in [-0.15, -0.1) is 0 Å². The van der Waals surface area contributed by atoms with Crippen LogP contribution in [-0.2, 0) is 0 Å². The first-order valence-corrected chi connectivity index (χ1v) is 6.38. The smallest absolute Gasteiger partial charge is 0.253 e. The lowest BCUT2D eigenvalue weighted by Gasteiger charge is -2.05. The fraction of sp³-hybridized carbons (Fsp3) is 0.357. The molecule has 18 heavy (non-hydrogen) atoms. The summed E-state index contributed by atoms with van der Waals surface area (Å²) in [5.41, 5.74) is 1.70. The van der Waals surface area contributed by atoms with Crippen molar-refractivity contribution in [3.05, 3.63) is 36.0 Å². The number of aromatic amines is 1. The number of hydrogen-bond donors (Lipinski definition) is 3. The average molecular weight is 245 g/mol. The molecule has 0 aliphatic heterocycles. The molecule has 2 rings (SSSR count). The number of carbonyl (C=O) groups is 1. The molecule has 0 saturated heterocycles. The number of carbonyl (C=O) groups excluding carboxylic acids is 1. The van der Waals surface area contributed by atoms with Gasteiger partial charge >= 0.3 is 0 Å². The first-order chi connectivity index (χ1) is 8.83. The summed E-state index contributed by atoms with van der Waals surface area (Å²) < 4.78 is 0. The fourth-order valence-corrected chi connectivity index (χ4v) is 1.92. The highest BCUT2D eigenvalue weighted by Gasteiger charge is 2.10. The van der Waals surface area contributed by atoms with E-state index in [4.69, 9.17) is 0 Å². The Morgan fingerprint density at radius 3 is 2.89 bits per heavy atom. The number of amides is 1. The summed E-state index contributed by atoms with van der Waals surface area (Å²) in [5.74, 6) is -0.0225. The molecule has 1 aromatic carbocycles. The first kappa shape index (κ1) is 12.6. The Morgan fingerprint density at radius 1 is 1.22 bits per heavy atom.